The normalized spacial score (nSPS) is 21.2. The third-order valence-electron chi connectivity index (χ3n) is 5.73. The van der Waals surface area contributed by atoms with E-state index in [1.165, 1.54) is 38.1 Å². The van der Waals surface area contributed by atoms with Gasteiger partial charge < -0.3 is 20.1 Å². The predicted molar refractivity (Wildman–Crippen MR) is 102 cm³/mol. The number of phenolic OH excluding ortho intramolecular Hbond substituents is 1. The fraction of sp³-hybridized carbons (Fsp3) is 0.381. The second-order valence-corrected chi connectivity index (χ2v) is 7.37. The summed E-state index contributed by atoms with van der Waals surface area (Å²) < 4.78 is 18.6. The van der Waals surface area contributed by atoms with Gasteiger partial charge in [-0.3, -0.25) is 4.79 Å². The van der Waals surface area contributed by atoms with E-state index in [1.54, 1.807) is 0 Å². The van der Waals surface area contributed by atoms with Crippen molar-refractivity contribution in [1.82, 2.24) is 0 Å². The zero-order valence-electron chi connectivity index (χ0n) is 15.2. The third kappa shape index (κ3) is 3.44. The number of nitrogens with one attached hydrogen (secondary N) is 1. The number of amides is 1. The number of hydrogen-bond acceptors (Lipinski definition) is 4. The molecule has 142 valence electrons. The van der Waals surface area contributed by atoms with Gasteiger partial charge in [-0.25, -0.2) is 4.39 Å². The number of phenols is 1. The molecule has 4 rings (SSSR count). The Balaban J connectivity index is 1.44. The van der Waals surface area contributed by atoms with Crippen LogP contribution in [0.25, 0.3) is 0 Å². The van der Waals surface area contributed by atoms with Crippen molar-refractivity contribution >= 4 is 17.3 Å². The van der Waals surface area contributed by atoms with Crippen molar-refractivity contribution in [3.8, 4) is 11.5 Å². The van der Waals surface area contributed by atoms with Crippen molar-refractivity contribution in [2.75, 3.05) is 30.4 Å². The molecular formula is C21H23FN2O3. The number of ether oxygens (including phenoxy) is 1. The van der Waals surface area contributed by atoms with Crippen LogP contribution in [0, 0.1) is 17.7 Å². The quantitative estimate of drug-likeness (QED) is 0.853. The topological polar surface area (TPSA) is 61.8 Å². The molecule has 0 unspecified atom stereocenters. The molecule has 6 heteroatoms. The molecule has 1 aliphatic heterocycles. The van der Waals surface area contributed by atoms with Crippen molar-refractivity contribution in [2.45, 2.75) is 19.3 Å². The van der Waals surface area contributed by atoms with Gasteiger partial charge >= 0.3 is 0 Å². The van der Waals surface area contributed by atoms with Gasteiger partial charge in [0, 0.05) is 30.0 Å². The molecule has 2 aromatic rings. The van der Waals surface area contributed by atoms with Gasteiger partial charge in [0.25, 0.3) is 5.91 Å². The highest BCUT2D eigenvalue weighted by atomic mass is 19.1. The van der Waals surface area contributed by atoms with Crippen molar-refractivity contribution in [2.24, 2.45) is 11.8 Å². The number of anilines is 2. The molecule has 1 amide bonds. The maximum Gasteiger partial charge on any atom is 0.255 e. The summed E-state index contributed by atoms with van der Waals surface area (Å²) in [5.41, 5.74) is 1.88. The standard InChI is InChI=1S/C21H23FN2O3/c1-27-19-10-15(9-18(22)20(19)25)21(26)23-16-5-7-17(8-6-16)24-11-13-3-2-4-14(13)12-24/h5-10,13-14,25H,2-4,11-12H2,1H3,(H,23,26)/t13-,14+. The van der Waals surface area contributed by atoms with E-state index in [-0.39, 0.29) is 11.3 Å². The maximum absolute atomic E-state index is 13.7. The molecule has 1 saturated carbocycles. The first-order chi connectivity index (χ1) is 13.0. The van der Waals surface area contributed by atoms with Crippen LogP contribution in [0.1, 0.15) is 29.6 Å². The number of nitrogens with zero attached hydrogens (tertiary/aromatic N) is 1. The summed E-state index contributed by atoms with van der Waals surface area (Å²) >= 11 is 0. The van der Waals surface area contributed by atoms with Crippen LogP contribution in [-0.2, 0) is 0 Å². The summed E-state index contributed by atoms with van der Waals surface area (Å²) in [4.78, 5) is 14.8. The van der Waals surface area contributed by atoms with Crippen LogP contribution in [0.3, 0.4) is 0 Å². The molecule has 1 saturated heterocycles. The molecule has 0 spiro atoms. The smallest absolute Gasteiger partial charge is 0.255 e. The number of fused-ring (bicyclic) bond motifs is 1. The third-order valence-corrected chi connectivity index (χ3v) is 5.73. The number of carbonyl (C=O) groups is 1. The largest absolute Gasteiger partial charge is 0.502 e. The van der Waals surface area contributed by atoms with Crippen LogP contribution < -0.4 is 15.0 Å². The highest BCUT2D eigenvalue weighted by molar-refractivity contribution is 6.04. The molecule has 1 aliphatic carbocycles. The van der Waals surface area contributed by atoms with Gasteiger partial charge in [0.05, 0.1) is 7.11 Å². The monoisotopic (exact) mass is 370 g/mol. The first kappa shape index (κ1) is 17.6. The van der Waals surface area contributed by atoms with Gasteiger partial charge in [-0.2, -0.15) is 0 Å². The van der Waals surface area contributed by atoms with Gasteiger partial charge in [0.1, 0.15) is 0 Å². The van der Waals surface area contributed by atoms with Crippen LogP contribution in [0.15, 0.2) is 36.4 Å². The Morgan fingerprint density at radius 2 is 1.85 bits per heavy atom. The molecule has 1 heterocycles. The average molecular weight is 370 g/mol. The van der Waals surface area contributed by atoms with Gasteiger partial charge in [0.2, 0.25) is 0 Å². The minimum Gasteiger partial charge on any atom is -0.502 e. The summed E-state index contributed by atoms with van der Waals surface area (Å²) in [5, 5.41) is 12.3. The molecule has 2 aromatic carbocycles. The Morgan fingerprint density at radius 1 is 1.19 bits per heavy atom. The number of aromatic hydroxyl groups is 1. The summed E-state index contributed by atoms with van der Waals surface area (Å²) in [6.45, 7) is 2.23. The maximum atomic E-state index is 13.7. The van der Waals surface area contributed by atoms with Crippen LogP contribution in [-0.4, -0.2) is 31.2 Å². The molecule has 2 atom stereocenters. The first-order valence-electron chi connectivity index (χ1n) is 9.28. The molecule has 2 aliphatic rings. The minimum atomic E-state index is -0.894. The Hall–Kier alpha value is -2.76. The van der Waals surface area contributed by atoms with E-state index in [0.29, 0.717) is 5.69 Å². The van der Waals surface area contributed by atoms with E-state index >= 15 is 0 Å². The lowest BCUT2D eigenvalue weighted by Crippen LogP contribution is -2.20. The highest BCUT2D eigenvalue weighted by Crippen LogP contribution is 2.39. The van der Waals surface area contributed by atoms with Crippen LogP contribution in [0.5, 0.6) is 11.5 Å². The Labute approximate surface area is 157 Å². The Kier molecular flexibility index (Phi) is 4.64. The summed E-state index contributed by atoms with van der Waals surface area (Å²) in [7, 11) is 1.31. The Morgan fingerprint density at radius 3 is 2.48 bits per heavy atom. The number of halogens is 1. The second-order valence-electron chi connectivity index (χ2n) is 7.37. The number of carbonyl (C=O) groups excluding carboxylic acids is 1. The van der Waals surface area contributed by atoms with Gasteiger partial charge in [0.15, 0.2) is 17.3 Å². The molecule has 0 bridgehead atoms. The lowest BCUT2D eigenvalue weighted by atomic mass is 10.0. The van der Waals surface area contributed by atoms with E-state index in [1.807, 2.05) is 24.3 Å². The lowest BCUT2D eigenvalue weighted by Gasteiger charge is -2.20. The summed E-state index contributed by atoms with van der Waals surface area (Å²) in [6, 6.07) is 10.0. The number of rotatable bonds is 4. The fourth-order valence-corrected chi connectivity index (χ4v) is 4.27. The second kappa shape index (κ2) is 7.10. The molecule has 5 nitrogen and oxygen atoms in total. The van der Waals surface area contributed by atoms with E-state index < -0.39 is 17.5 Å². The van der Waals surface area contributed by atoms with Crippen molar-refractivity contribution < 1.29 is 19.0 Å². The van der Waals surface area contributed by atoms with Crippen LogP contribution in [0.4, 0.5) is 15.8 Å². The van der Waals surface area contributed by atoms with E-state index in [9.17, 15) is 14.3 Å². The first-order valence-corrected chi connectivity index (χ1v) is 9.28. The van der Waals surface area contributed by atoms with E-state index in [2.05, 4.69) is 10.2 Å². The van der Waals surface area contributed by atoms with Gasteiger partial charge in [-0.15, -0.1) is 0 Å². The SMILES string of the molecule is COc1cc(C(=O)Nc2ccc(N3C[C@H]4CCC[C@H]4C3)cc2)cc(F)c1O. The molecule has 2 fully saturated rings. The highest BCUT2D eigenvalue weighted by Gasteiger charge is 2.35. The zero-order chi connectivity index (χ0) is 19.0. The molecule has 0 aromatic heterocycles. The van der Waals surface area contributed by atoms with Crippen LogP contribution in [0.2, 0.25) is 0 Å². The summed E-state index contributed by atoms with van der Waals surface area (Å²) in [5.74, 6) is -0.388. The van der Waals surface area contributed by atoms with Crippen LogP contribution >= 0.6 is 0 Å². The van der Waals surface area contributed by atoms with E-state index in [0.717, 1.165) is 31.0 Å². The molecule has 0 radical (unpaired) electrons. The van der Waals surface area contributed by atoms with Crippen molar-refractivity contribution in [3.05, 3.63) is 47.8 Å². The molecule has 27 heavy (non-hydrogen) atoms. The number of benzene rings is 2. The lowest BCUT2D eigenvalue weighted by molar-refractivity contribution is 0.102. The minimum absolute atomic E-state index is 0.0740. The fourth-order valence-electron chi connectivity index (χ4n) is 4.27. The molecular weight excluding hydrogens is 347 g/mol. The number of methoxy groups -OCH3 is 1. The predicted octanol–water partition coefficient (Wildman–Crippen LogP) is 4.03. The van der Waals surface area contributed by atoms with E-state index in [4.69, 9.17) is 4.74 Å². The summed E-state index contributed by atoms with van der Waals surface area (Å²) in [6.07, 6.45) is 4.03. The Bertz CT molecular complexity index is 841. The van der Waals surface area contributed by atoms with Gasteiger partial charge in [-0.1, -0.05) is 6.42 Å². The van der Waals surface area contributed by atoms with Gasteiger partial charge in [-0.05, 0) is 61.1 Å². The zero-order valence-corrected chi connectivity index (χ0v) is 15.2. The van der Waals surface area contributed by atoms with Crippen molar-refractivity contribution in [3.63, 3.8) is 0 Å². The average Bonchev–Trinajstić information content (AvgIpc) is 3.26. The molecule has 2 N–H and O–H groups in total. The number of hydrogen-bond donors (Lipinski definition) is 2. The van der Waals surface area contributed by atoms with Crippen molar-refractivity contribution in [1.29, 1.82) is 0 Å².